The van der Waals surface area contributed by atoms with Gasteiger partial charge in [-0.05, 0) is 56.3 Å². The minimum Gasteiger partial charge on any atom is -0.468 e. The first-order chi connectivity index (χ1) is 12.6. The van der Waals surface area contributed by atoms with E-state index < -0.39 is 11.6 Å². The van der Waals surface area contributed by atoms with E-state index in [2.05, 4.69) is 10.2 Å². The zero-order chi connectivity index (χ0) is 18.4. The summed E-state index contributed by atoms with van der Waals surface area (Å²) in [5.74, 6) is -0.940. The van der Waals surface area contributed by atoms with Crippen molar-refractivity contribution in [2.45, 2.75) is 30.2 Å². The van der Waals surface area contributed by atoms with Crippen LogP contribution in [0, 0.1) is 11.6 Å². The Bertz CT molecular complexity index is 718. The van der Waals surface area contributed by atoms with E-state index in [0.717, 1.165) is 43.8 Å². The quantitative estimate of drug-likeness (QED) is 0.738. The van der Waals surface area contributed by atoms with Crippen molar-refractivity contribution in [1.82, 2.24) is 10.2 Å². The van der Waals surface area contributed by atoms with Crippen LogP contribution in [0.5, 0.6) is 0 Å². The van der Waals surface area contributed by atoms with Crippen LogP contribution in [0.2, 0.25) is 0 Å². The molecular formula is C19H22F2N2O2S. The number of thioether (sulfide) groups is 1. The first-order valence-electron chi connectivity index (χ1n) is 8.75. The summed E-state index contributed by atoms with van der Waals surface area (Å²) in [5.41, 5.74) is 0. The Labute approximate surface area is 155 Å². The third-order valence-corrected chi connectivity index (χ3v) is 5.45. The summed E-state index contributed by atoms with van der Waals surface area (Å²) in [6, 6.07) is 7.44. The molecule has 2 heterocycles. The third-order valence-electron chi connectivity index (χ3n) is 4.46. The van der Waals surface area contributed by atoms with E-state index >= 15 is 0 Å². The largest absolute Gasteiger partial charge is 0.468 e. The summed E-state index contributed by atoms with van der Waals surface area (Å²) in [5, 5.41) is 2.94. The highest BCUT2D eigenvalue weighted by molar-refractivity contribution is 8.00. The van der Waals surface area contributed by atoms with E-state index in [9.17, 15) is 13.6 Å². The number of likely N-dealkylation sites (tertiary alicyclic amines) is 1. The summed E-state index contributed by atoms with van der Waals surface area (Å²) < 4.78 is 31.7. The molecule has 140 valence electrons. The molecule has 0 saturated carbocycles. The first kappa shape index (κ1) is 18.9. The van der Waals surface area contributed by atoms with Gasteiger partial charge < -0.3 is 9.73 Å². The minimum absolute atomic E-state index is 0.0162. The number of rotatable bonds is 7. The van der Waals surface area contributed by atoms with Gasteiger partial charge in [0.2, 0.25) is 5.91 Å². The Morgan fingerprint density at radius 1 is 1.19 bits per heavy atom. The van der Waals surface area contributed by atoms with Gasteiger partial charge in [-0.15, -0.1) is 11.8 Å². The lowest BCUT2D eigenvalue weighted by molar-refractivity contribution is -0.118. The van der Waals surface area contributed by atoms with E-state index in [1.54, 1.807) is 6.26 Å². The molecule has 1 fully saturated rings. The Morgan fingerprint density at radius 3 is 2.69 bits per heavy atom. The molecule has 0 bridgehead atoms. The number of carbonyl (C=O) groups is 1. The van der Waals surface area contributed by atoms with Gasteiger partial charge in [0.05, 0.1) is 18.1 Å². The van der Waals surface area contributed by atoms with Crippen molar-refractivity contribution in [3.05, 3.63) is 54.0 Å². The molecule has 1 N–H and O–H groups in total. The Kier molecular flexibility index (Phi) is 6.68. The van der Waals surface area contributed by atoms with Crippen molar-refractivity contribution in [1.29, 1.82) is 0 Å². The van der Waals surface area contributed by atoms with Crippen molar-refractivity contribution in [3.63, 3.8) is 0 Å². The third kappa shape index (κ3) is 5.08. The van der Waals surface area contributed by atoms with Crippen LogP contribution in [-0.2, 0) is 4.79 Å². The van der Waals surface area contributed by atoms with Crippen molar-refractivity contribution in [2.24, 2.45) is 0 Å². The Balaban J connectivity index is 1.52. The van der Waals surface area contributed by atoms with Crippen molar-refractivity contribution < 1.29 is 18.0 Å². The molecule has 2 aromatic rings. The van der Waals surface area contributed by atoms with Crippen LogP contribution in [-0.4, -0.2) is 36.2 Å². The molecule has 7 heteroatoms. The van der Waals surface area contributed by atoms with Gasteiger partial charge in [0.15, 0.2) is 11.6 Å². The summed E-state index contributed by atoms with van der Waals surface area (Å²) in [6.45, 7) is 2.44. The van der Waals surface area contributed by atoms with Crippen LogP contribution < -0.4 is 5.32 Å². The fraction of sp³-hybridized carbons (Fsp3) is 0.421. The molecule has 1 amide bonds. The highest BCUT2D eigenvalue weighted by Gasteiger charge is 2.24. The molecule has 1 aromatic carbocycles. The van der Waals surface area contributed by atoms with Gasteiger partial charge in [-0.25, -0.2) is 8.78 Å². The van der Waals surface area contributed by atoms with Crippen LogP contribution in [0.25, 0.3) is 0 Å². The molecule has 1 aliphatic heterocycles. The predicted molar refractivity (Wildman–Crippen MR) is 97.0 cm³/mol. The number of halogens is 2. The molecule has 0 spiro atoms. The topological polar surface area (TPSA) is 45.5 Å². The van der Waals surface area contributed by atoms with E-state index in [1.807, 2.05) is 12.1 Å². The molecule has 26 heavy (non-hydrogen) atoms. The summed E-state index contributed by atoms with van der Waals surface area (Å²) in [4.78, 5) is 15.0. The van der Waals surface area contributed by atoms with Gasteiger partial charge in [0, 0.05) is 11.4 Å². The van der Waals surface area contributed by atoms with E-state index in [1.165, 1.54) is 24.2 Å². The summed E-state index contributed by atoms with van der Waals surface area (Å²) in [6.07, 6.45) is 5.18. The zero-order valence-electron chi connectivity index (χ0n) is 14.4. The lowest BCUT2D eigenvalue weighted by Gasteiger charge is -2.33. The van der Waals surface area contributed by atoms with Crippen molar-refractivity contribution >= 4 is 17.7 Å². The second-order valence-electron chi connectivity index (χ2n) is 6.30. The minimum atomic E-state index is -0.904. The summed E-state index contributed by atoms with van der Waals surface area (Å²) in [7, 11) is 0. The predicted octanol–water partition coefficient (Wildman–Crippen LogP) is 3.99. The first-order valence-corrected chi connectivity index (χ1v) is 9.74. The van der Waals surface area contributed by atoms with Crippen LogP contribution in [0.1, 0.15) is 31.1 Å². The standard InChI is InChI=1S/C19H22F2N2O2S/c20-15-7-6-14(11-16(15)21)26-13-19(24)22-12-17(18-5-4-10-25-18)23-8-2-1-3-9-23/h4-7,10-11,17H,1-3,8-9,12-13H2,(H,22,24). The molecular weight excluding hydrogens is 358 g/mol. The van der Waals surface area contributed by atoms with Gasteiger partial charge >= 0.3 is 0 Å². The molecule has 1 aliphatic rings. The van der Waals surface area contributed by atoms with Crippen LogP contribution in [0.4, 0.5) is 8.78 Å². The average Bonchev–Trinajstić information content (AvgIpc) is 3.18. The number of amides is 1. The molecule has 3 rings (SSSR count). The SMILES string of the molecule is O=C(CSc1ccc(F)c(F)c1)NCC(c1ccco1)N1CCCCC1. The normalized spacial score (nSPS) is 16.4. The maximum atomic E-state index is 13.2. The second-order valence-corrected chi connectivity index (χ2v) is 7.35. The van der Waals surface area contributed by atoms with Gasteiger partial charge in [-0.3, -0.25) is 9.69 Å². The van der Waals surface area contributed by atoms with Crippen LogP contribution >= 0.6 is 11.8 Å². The van der Waals surface area contributed by atoms with Crippen LogP contribution in [0.3, 0.4) is 0 Å². The number of benzene rings is 1. The lowest BCUT2D eigenvalue weighted by Crippen LogP contribution is -2.40. The lowest BCUT2D eigenvalue weighted by atomic mass is 10.1. The van der Waals surface area contributed by atoms with E-state index in [-0.39, 0.29) is 17.7 Å². The molecule has 1 aromatic heterocycles. The average molecular weight is 380 g/mol. The van der Waals surface area contributed by atoms with E-state index in [0.29, 0.717) is 11.4 Å². The molecule has 0 aliphatic carbocycles. The monoisotopic (exact) mass is 380 g/mol. The number of nitrogens with zero attached hydrogens (tertiary/aromatic N) is 1. The molecule has 4 nitrogen and oxygen atoms in total. The number of furan rings is 1. The zero-order valence-corrected chi connectivity index (χ0v) is 15.2. The number of hydrogen-bond acceptors (Lipinski definition) is 4. The van der Waals surface area contributed by atoms with Crippen molar-refractivity contribution in [3.8, 4) is 0 Å². The highest BCUT2D eigenvalue weighted by atomic mass is 32.2. The summed E-state index contributed by atoms with van der Waals surface area (Å²) >= 11 is 1.18. The number of piperidine rings is 1. The molecule has 1 unspecified atom stereocenters. The maximum absolute atomic E-state index is 13.2. The fourth-order valence-electron chi connectivity index (χ4n) is 3.10. The highest BCUT2D eigenvalue weighted by Crippen LogP contribution is 2.25. The van der Waals surface area contributed by atoms with Crippen LogP contribution in [0.15, 0.2) is 45.9 Å². The molecule has 1 saturated heterocycles. The maximum Gasteiger partial charge on any atom is 0.230 e. The van der Waals surface area contributed by atoms with E-state index in [4.69, 9.17) is 4.42 Å². The Morgan fingerprint density at radius 2 is 2.00 bits per heavy atom. The van der Waals surface area contributed by atoms with Gasteiger partial charge in [0.25, 0.3) is 0 Å². The fourth-order valence-corrected chi connectivity index (χ4v) is 3.85. The second kappa shape index (κ2) is 9.19. The molecule has 0 radical (unpaired) electrons. The van der Waals surface area contributed by atoms with Gasteiger partial charge in [0.1, 0.15) is 5.76 Å². The number of carbonyl (C=O) groups excluding carboxylic acids is 1. The molecule has 1 atom stereocenters. The van der Waals surface area contributed by atoms with Crippen molar-refractivity contribution in [2.75, 3.05) is 25.4 Å². The van der Waals surface area contributed by atoms with Gasteiger partial charge in [-0.2, -0.15) is 0 Å². The number of nitrogens with one attached hydrogen (secondary N) is 1. The number of hydrogen-bond donors (Lipinski definition) is 1. The smallest absolute Gasteiger partial charge is 0.230 e. The Hall–Kier alpha value is -1.86. The van der Waals surface area contributed by atoms with Gasteiger partial charge in [-0.1, -0.05) is 6.42 Å².